The molecule has 1 amide bonds. The highest BCUT2D eigenvalue weighted by Crippen LogP contribution is 2.12. The number of carbonyl (C=O) groups excluding carboxylic acids is 1. The van der Waals surface area contributed by atoms with Gasteiger partial charge in [-0.1, -0.05) is 6.07 Å². The van der Waals surface area contributed by atoms with E-state index in [0.717, 1.165) is 50.5 Å². The van der Waals surface area contributed by atoms with Crippen LogP contribution in [0.15, 0.2) is 29.5 Å². The van der Waals surface area contributed by atoms with E-state index in [4.69, 9.17) is 9.47 Å². The number of nitrogens with one attached hydrogen (secondary N) is 2. The van der Waals surface area contributed by atoms with Crippen molar-refractivity contribution in [3.63, 3.8) is 0 Å². The number of hydrogen-bond donors (Lipinski definition) is 2. The van der Waals surface area contributed by atoms with E-state index in [1.165, 1.54) is 0 Å². The van der Waals surface area contributed by atoms with Gasteiger partial charge in [0.05, 0.1) is 6.54 Å². The first-order valence-electron chi connectivity index (χ1n) is 10.7. The molecule has 0 atom stereocenters. The second-order valence-corrected chi connectivity index (χ2v) is 7.95. The summed E-state index contributed by atoms with van der Waals surface area (Å²) in [4.78, 5) is 22.7. The van der Waals surface area contributed by atoms with E-state index in [0.29, 0.717) is 19.6 Å². The largest absolute Gasteiger partial charge is 0.444 e. The monoisotopic (exact) mass is 421 g/mol. The molecule has 8 heteroatoms. The first kappa shape index (κ1) is 25.7. The molecule has 170 valence electrons. The average molecular weight is 422 g/mol. The quantitative estimate of drug-likeness (QED) is 0.306. The van der Waals surface area contributed by atoms with Crippen LogP contribution in [0.2, 0.25) is 0 Å². The summed E-state index contributed by atoms with van der Waals surface area (Å²) in [6.45, 7) is 11.8. The van der Waals surface area contributed by atoms with E-state index in [1.807, 2.05) is 39.8 Å². The number of aliphatic imine (C=N–C) groups is 1. The van der Waals surface area contributed by atoms with E-state index in [2.05, 4.69) is 20.6 Å². The predicted molar refractivity (Wildman–Crippen MR) is 121 cm³/mol. The van der Waals surface area contributed by atoms with Gasteiger partial charge in [0, 0.05) is 52.3 Å². The number of pyridine rings is 1. The molecule has 0 aliphatic heterocycles. The van der Waals surface area contributed by atoms with Gasteiger partial charge in [-0.2, -0.15) is 0 Å². The molecule has 0 bridgehead atoms. The number of unbranched alkanes of at least 4 members (excludes halogenated alkanes) is 1. The lowest BCUT2D eigenvalue weighted by atomic mass is 10.2. The van der Waals surface area contributed by atoms with Crippen molar-refractivity contribution >= 4 is 12.1 Å². The first-order chi connectivity index (χ1) is 14.4. The van der Waals surface area contributed by atoms with Crippen LogP contribution in [0.3, 0.4) is 0 Å². The highest BCUT2D eigenvalue weighted by molar-refractivity contribution is 5.79. The first-order valence-corrected chi connectivity index (χ1v) is 10.7. The zero-order valence-electron chi connectivity index (χ0n) is 19.2. The Labute approximate surface area is 181 Å². The van der Waals surface area contributed by atoms with Crippen LogP contribution < -0.4 is 10.6 Å². The third kappa shape index (κ3) is 12.3. The minimum absolute atomic E-state index is 0.317. The third-order valence-corrected chi connectivity index (χ3v) is 4.08. The number of nitrogens with zero attached hydrogens (tertiary/aromatic N) is 3. The Morgan fingerprint density at radius 1 is 1.20 bits per heavy atom. The van der Waals surface area contributed by atoms with E-state index in [1.54, 1.807) is 24.3 Å². The van der Waals surface area contributed by atoms with Gasteiger partial charge < -0.3 is 25.0 Å². The van der Waals surface area contributed by atoms with E-state index < -0.39 is 5.60 Å². The molecule has 2 N–H and O–H groups in total. The molecule has 0 fully saturated rings. The molecular weight excluding hydrogens is 382 g/mol. The summed E-state index contributed by atoms with van der Waals surface area (Å²) in [6, 6.07) is 3.83. The second-order valence-electron chi connectivity index (χ2n) is 7.95. The number of carbonyl (C=O) groups is 1. The lowest BCUT2D eigenvalue weighted by Gasteiger charge is -2.27. The van der Waals surface area contributed by atoms with E-state index in [9.17, 15) is 4.79 Å². The summed E-state index contributed by atoms with van der Waals surface area (Å²) in [5.41, 5.74) is 0.442. The van der Waals surface area contributed by atoms with E-state index >= 15 is 0 Å². The Kier molecular flexibility index (Phi) is 12.5. The maximum atomic E-state index is 12.6. The summed E-state index contributed by atoms with van der Waals surface area (Å²) < 4.78 is 10.9. The highest BCUT2D eigenvalue weighted by atomic mass is 16.6. The Hall–Kier alpha value is -2.35. The molecule has 0 aliphatic rings. The molecule has 0 aromatic carbocycles. The van der Waals surface area contributed by atoms with Gasteiger partial charge >= 0.3 is 6.09 Å². The minimum Gasteiger partial charge on any atom is -0.444 e. The Bertz CT molecular complexity index is 617. The van der Waals surface area contributed by atoms with E-state index in [-0.39, 0.29) is 6.09 Å². The molecule has 30 heavy (non-hydrogen) atoms. The number of guanidine groups is 1. The molecule has 1 rings (SSSR count). The van der Waals surface area contributed by atoms with Crippen LogP contribution >= 0.6 is 0 Å². The fraction of sp³-hybridized carbons (Fsp3) is 0.682. The molecule has 1 aromatic heterocycles. The van der Waals surface area contributed by atoms with Crippen LogP contribution in [0.25, 0.3) is 0 Å². The summed E-state index contributed by atoms with van der Waals surface area (Å²) in [6.07, 6.45) is 6.00. The van der Waals surface area contributed by atoms with Gasteiger partial charge in [0.15, 0.2) is 5.96 Å². The Balaban J connectivity index is 2.43. The summed E-state index contributed by atoms with van der Waals surface area (Å²) in [7, 11) is 1.75. The summed E-state index contributed by atoms with van der Waals surface area (Å²) in [5, 5.41) is 6.59. The molecular formula is C22H39N5O3. The lowest BCUT2D eigenvalue weighted by Crippen LogP contribution is -2.40. The molecule has 0 aliphatic carbocycles. The summed E-state index contributed by atoms with van der Waals surface area (Å²) >= 11 is 0. The molecule has 0 unspecified atom stereocenters. The molecule has 0 radical (unpaired) electrons. The van der Waals surface area contributed by atoms with Crippen LogP contribution in [-0.2, 0) is 16.0 Å². The number of amides is 1. The van der Waals surface area contributed by atoms with Gasteiger partial charge in [-0.05, 0) is 58.6 Å². The van der Waals surface area contributed by atoms with Crippen LogP contribution in [0.1, 0.15) is 52.5 Å². The second kappa shape index (κ2) is 14.6. The van der Waals surface area contributed by atoms with Crippen molar-refractivity contribution in [3.05, 3.63) is 30.1 Å². The van der Waals surface area contributed by atoms with Gasteiger partial charge in [0.2, 0.25) is 0 Å². The van der Waals surface area contributed by atoms with Gasteiger partial charge in [-0.3, -0.25) is 9.98 Å². The molecule has 0 spiro atoms. The maximum absolute atomic E-state index is 12.6. The molecule has 0 saturated heterocycles. The van der Waals surface area contributed by atoms with Crippen molar-refractivity contribution < 1.29 is 14.3 Å². The predicted octanol–water partition coefficient (Wildman–Crippen LogP) is 3.19. The number of hydrogen-bond acceptors (Lipinski definition) is 5. The van der Waals surface area contributed by atoms with Crippen molar-refractivity contribution in [1.82, 2.24) is 20.5 Å². The summed E-state index contributed by atoms with van der Waals surface area (Å²) in [5.74, 6) is 0.766. The number of rotatable bonds is 12. The van der Waals surface area contributed by atoms with Gasteiger partial charge in [-0.15, -0.1) is 0 Å². The zero-order valence-corrected chi connectivity index (χ0v) is 19.2. The Morgan fingerprint density at radius 2 is 1.93 bits per heavy atom. The van der Waals surface area contributed by atoms with Crippen molar-refractivity contribution in [1.29, 1.82) is 0 Å². The molecule has 8 nitrogen and oxygen atoms in total. The average Bonchev–Trinajstić information content (AvgIpc) is 2.70. The third-order valence-electron chi connectivity index (χ3n) is 4.08. The lowest BCUT2D eigenvalue weighted by molar-refractivity contribution is 0.0232. The van der Waals surface area contributed by atoms with Crippen molar-refractivity contribution in [2.75, 3.05) is 39.9 Å². The van der Waals surface area contributed by atoms with Crippen LogP contribution in [0.5, 0.6) is 0 Å². The van der Waals surface area contributed by atoms with Crippen LogP contribution in [0, 0.1) is 0 Å². The number of ether oxygens (including phenoxy) is 2. The standard InChI is InChI=1S/C22H39N5O3/c1-6-29-16-8-7-13-25-20(23-5)26-14-10-15-27(21(28)30-22(2,3)4)18-19-11-9-12-24-17-19/h9,11-12,17H,6-8,10,13-16,18H2,1-5H3,(H2,23,25,26). The van der Waals surface area contributed by atoms with Crippen molar-refractivity contribution in [2.24, 2.45) is 4.99 Å². The minimum atomic E-state index is -0.531. The number of aromatic nitrogens is 1. The van der Waals surface area contributed by atoms with Gasteiger partial charge in [0.25, 0.3) is 0 Å². The fourth-order valence-electron chi connectivity index (χ4n) is 2.65. The highest BCUT2D eigenvalue weighted by Gasteiger charge is 2.22. The molecule has 0 saturated carbocycles. The van der Waals surface area contributed by atoms with Crippen LogP contribution in [-0.4, -0.2) is 67.4 Å². The van der Waals surface area contributed by atoms with Crippen molar-refractivity contribution in [2.45, 2.75) is 59.1 Å². The van der Waals surface area contributed by atoms with Gasteiger partial charge in [-0.25, -0.2) is 4.79 Å². The molecule has 1 heterocycles. The molecule has 1 aromatic rings. The zero-order chi connectivity index (χ0) is 22.2. The SMILES string of the molecule is CCOCCCCNC(=NC)NCCCN(Cc1cccnc1)C(=O)OC(C)(C)C. The Morgan fingerprint density at radius 3 is 2.53 bits per heavy atom. The maximum Gasteiger partial charge on any atom is 0.410 e. The smallest absolute Gasteiger partial charge is 0.410 e. The fourth-order valence-corrected chi connectivity index (χ4v) is 2.65. The topological polar surface area (TPSA) is 88.1 Å². The van der Waals surface area contributed by atoms with Gasteiger partial charge in [0.1, 0.15) is 5.60 Å². The normalized spacial score (nSPS) is 11.8. The van der Waals surface area contributed by atoms with Crippen molar-refractivity contribution in [3.8, 4) is 0 Å². The van der Waals surface area contributed by atoms with Crippen LogP contribution in [0.4, 0.5) is 4.79 Å².